The fourth-order valence-corrected chi connectivity index (χ4v) is 6.85. The number of hydrogen-bond acceptors (Lipinski definition) is 6. The minimum Gasteiger partial charge on any atom is -0.462 e. The summed E-state index contributed by atoms with van der Waals surface area (Å²) in [6.45, 7) is 3.68. The topological polar surface area (TPSA) is 119 Å². The zero-order valence-electron chi connectivity index (χ0n) is 34.0. The fourth-order valence-electron chi connectivity index (χ4n) is 6.49. The largest absolute Gasteiger partial charge is 0.469 e. The first-order chi connectivity index (χ1) is 25.3. The lowest BCUT2D eigenvalue weighted by Gasteiger charge is -2.18. The van der Waals surface area contributed by atoms with E-state index in [4.69, 9.17) is 19.3 Å². The van der Waals surface area contributed by atoms with Crippen LogP contribution in [0.2, 0.25) is 0 Å². The molecule has 0 aliphatic rings. The van der Waals surface area contributed by atoms with Crippen LogP contribution in [-0.4, -0.2) is 41.0 Å². The number of phosphoric acid groups is 1. The zero-order chi connectivity index (χ0) is 38.2. The standard InChI is InChI=1S/C43H83O8P/c1-3-5-7-9-11-13-15-17-18-19-20-21-22-23-24-25-26-28-29-31-33-35-37-42(44)49-39-41(40-50-52(46,47)48)51-43(45)38-36-34-32-30-27-16-14-12-10-8-6-4-2/h12,14,41H,3-11,13,15-40H2,1-2H3,(H2,46,47,48)/b14-12+/t41-/m1/s1. The number of allylic oxidation sites excluding steroid dienone is 2. The number of unbranched alkanes of at least 4 members (excludes halogenated alkanes) is 29. The molecule has 308 valence electrons. The van der Waals surface area contributed by atoms with Crippen molar-refractivity contribution in [2.24, 2.45) is 0 Å². The molecule has 1 atom stereocenters. The first-order valence-corrected chi connectivity index (χ1v) is 23.5. The molecule has 0 amide bonds. The highest BCUT2D eigenvalue weighted by Crippen LogP contribution is 2.36. The van der Waals surface area contributed by atoms with Crippen LogP contribution in [0.3, 0.4) is 0 Å². The van der Waals surface area contributed by atoms with Gasteiger partial charge in [0.2, 0.25) is 0 Å². The van der Waals surface area contributed by atoms with Crippen LogP contribution in [0, 0.1) is 0 Å². The van der Waals surface area contributed by atoms with Gasteiger partial charge in [-0.1, -0.05) is 193 Å². The van der Waals surface area contributed by atoms with Gasteiger partial charge in [0.05, 0.1) is 6.61 Å². The highest BCUT2D eigenvalue weighted by Gasteiger charge is 2.22. The van der Waals surface area contributed by atoms with Crippen molar-refractivity contribution in [3.8, 4) is 0 Å². The maximum Gasteiger partial charge on any atom is 0.469 e. The lowest BCUT2D eigenvalue weighted by atomic mass is 10.0. The summed E-state index contributed by atoms with van der Waals surface area (Å²) >= 11 is 0. The normalized spacial score (nSPS) is 12.5. The Bertz CT molecular complexity index is 858. The Kier molecular flexibility index (Phi) is 38.6. The Morgan fingerprint density at radius 2 is 0.808 bits per heavy atom. The molecule has 0 heterocycles. The van der Waals surface area contributed by atoms with Crippen molar-refractivity contribution in [1.29, 1.82) is 0 Å². The van der Waals surface area contributed by atoms with Crippen LogP contribution in [0.1, 0.15) is 232 Å². The van der Waals surface area contributed by atoms with Crippen molar-refractivity contribution in [1.82, 2.24) is 0 Å². The van der Waals surface area contributed by atoms with E-state index in [1.165, 1.54) is 141 Å². The third kappa shape index (κ3) is 41.5. The number of carbonyl (C=O) groups is 2. The molecule has 8 nitrogen and oxygen atoms in total. The average molecular weight is 759 g/mol. The maximum absolute atomic E-state index is 12.4. The van der Waals surface area contributed by atoms with E-state index < -0.39 is 32.5 Å². The van der Waals surface area contributed by atoms with Gasteiger partial charge in [0.1, 0.15) is 6.61 Å². The smallest absolute Gasteiger partial charge is 0.462 e. The minimum atomic E-state index is -4.75. The SMILES string of the molecule is CCCCC/C=C/CCCCCCCC(=O)O[C@H](COC(=O)CCCCCCCCCCCCCCCCCCCCCCCC)COP(=O)(O)O. The monoisotopic (exact) mass is 759 g/mol. The van der Waals surface area contributed by atoms with Crippen molar-refractivity contribution in [3.05, 3.63) is 12.2 Å². The van der Waals surface area contributed by atoms with Crippen molar-refractivity contribution in [3.63, 3.8) is 0 Å². The maximum atomic E-state index is 12.4. The minimum absolute atomic E-state index is 0.206. The second-order valence-corrected chi connectivity index (χ2v) is 16.3. The molecule has 0 aliphatic heterocycles. The van der Waals surface area contributed by atoms with Crippen LogP contribution >= 0.6 is 7.82 Å². The summed E-state index contributed by atoms with van der Waals surface area (Å²) in [5.41, 5.74) is 0. The summed E-state index contributed by atoms with van der Waals surface area (Å²) in [7, 11) is -4.75. The third-order valence-electron chi connectivity index (χ3n) is 9.78. The molecule has 0 aromatic heterocycles. The van der Waals surface area contributed by atoms with E-state index in [-0.39, 0.29) is 19.4 Å². The Morgan fingerprint density at radius 1 is 0.481 bits per heavy atom. The number of ether oxygens (including phenoxy) is 2. The third-order valence-corrected chi connectivity index (χ3v) is 10.3. The zero-order valence-corrected chi connectivity index (χ0v) is 34.9. The Morgan fingerprint density at radius 3 is 1.21 bits per heavy atom. The van der Waals surface area contributed by atoms with Gasteiger partial charge < -0.3 is 19.3 Å². The van der Waals surface area contributed by atoms with Crippen molar-refractivity contribution in [2.45, 2.75) is 238 Å². The molecule has 0 rings (SSSR count). The van der Waals surface area contributed by atoms with Gasteiger partial charge >= 0.3 is 19.8 Å². The molecule has 0 radical (unpaired) electrons. The first kappa shape index (κ1) is 50.8. The Balaban J connectivity index is 3.79. The summed E-state index contributed by atoms with van der Waals surface area (Å²) in [5.74, 6) is -0.883. The van der Waals surface area contributed by atoms with E-state index in [1.54, 1.807) is 0 Å². The molecule has 0 unspecified atom stereocenters. The molecule has 0 saturated carbocycles. The predicted octanol–water partition coefficient (Wildman–Crippen LogP) is 13.4. The number of carbonyl (C=O) groups excluding carboxylic acids is 2. The van der Waals surface area contributed by atoms with E-state index in [0.29, 0.717) is 6.42 Å². The van der Waals surface area contributed by atoms with Crippen LogP contribution in [0.25, 0.3) is 0 Å². The van der Waals surface area contributed by atoms with Crippen LogP contribution in [-0.2, 0) is 28.2 Å². The van der Waals surface area contributed by atoms with E-state index >= 15 is 0 Å². The molecule has 0 spiro atoms. The molecule has 0 saturated heterocycles. The summed E-state index contributed by atoms with van der Waals surface area (Å²) in [6.07, 6.45) is 43.8. The predicted molar refractivity (Wildman–Crippen MR) is 216 cm³/mol. The molecule has 0 aromatic carbocycles. The number of hydrogen-bond donors (Lipinski definition) is 2. The van der Waals surface area contributed by atoms with Gasteiger partial charge in [-0.2, -0.15) is 0 Å². The number of phosphoric ester groups is 1. The van der Waals surface area contributed by atoms with E-state index in [1.807, 2.05) is 0 Å². The van der Waals surface area contributed by atoms with Crippen molar-refractivity contribution < 1.29 is 37.9 Å². The summed E-state index contributed by atoms with van der Waals surface area (Å²) in [5, 5.41) is 0. The second-order valence-electron chi connectivity index (χ2n) is 15.0. The number of esters is 2. The van der Waals surface area contributed by atoms with Gasteiger partial charge in [-0.25, -0.2) is 4.57 Å². The van der Waals surface area contributed by atoms with E-state index in [9.17, 15) is 14.2 Å². The lowest BCUT2D eigenvalue weighted by molar-refractivity contribution is -0.161. The van der Waals surface area contributed by atoms with Gasteiger partial charge in [-0.15, -0.1) is 0 Å². The lowest BCUT2D eigenvalue weighted by Crippen LogP contribution is -2.29. The van der Waals surface area contributed by atoms with Crippen LogP contribution in [0.4, 0.5) is 0 Å². The van der Waals surface area contributed by atoms with Gasteiger partial charge in [0.15, 0.2) is 6.10 Å². The van der Waals surface area contributed by atoms with Crippen molar-refractivity contribution in [2.75, 3.05) is 13.2 Å². The molecule has 0 bridgehead atoms. The molecular formula is C43H83O8P. The Labute approximate surface area is 320 Å². The fraction of sp³-hybridized carbons (Fsp3) is 0.907. The average Bonchev–Trinajstić information content (AvgIpc) is 3.11. The van der Waals surface area contributed by atoms with Crippen LogP contribution in [0.15, 0.2) is 12.2 Å². The molecule has 9 heteroatoms. The molecule has 0 aliphatic carbocycles. The summed E-state index contributed by atoms with van der Waals surface area (Å²) < 4.78 is 26.4. The second kappa shape index (κ2) is 39.5. The van der Waals surface area contributed by atoms with Crippen LogP contribution < -0.4 is 0 Å². The van der Waals surface area contributed by atoms with Crippen LogP contribution in [0.5, 0.6) is 0 Å². The van der Waals surface area contributed by atoms with Crippen molar-refractivity contribution >= 4 is 19.8 Å². The van der Waals surface area contributed by atoms with E-state index in [0.717, 1.165) is 57.8 Å². The quantitative estimate of drug-likeness (QED) is 0.0274. The Hall–Kier alpha value is -1.21. The molecular weight excluding hydrogens is 675 g/mol. The first-order valence-electron chi connectivity index (χ1n) is 22.0. The highest BCUT2D eigenvalue weighted by molar-refractivity contribution is 7.46. The van der Waals surface area contributed by atoms with Gasteiger partial charge in [0, 0.05) is 12.8 Å². The molecule has 2 N–H and O–H groups in total. The molecule has 0 aromatic rings. The van der Waals surface area contributed by atoms with Gasteiger partial charge in [-0.05, 0) is 38.5 Å². The van der Waals surface area contributed by atoms with Gasteiger partial charge in [-0.3, -0.25) is 14.1 Å². The van der Waals surface area contributed by atoms with Gasteiger partial charge in [0.25, 0.3) is 0 Å². The highest BCUT2D eigenvalue weighted by atomic mass is 31.2. The molecule has 52 heavy (non-hydrogen) atoms. The molecule has 0 fully saturated rings. The number of rotatable bonds is 41. The summed E-state index contributed by atoms with van der Waals surface area (Å²) in [4.78, 5) is 42.8. The summed E-state index contributed by atoms with van der Waals surface area (Å²) in [6, 6.07) is 0. The van der Waals surface area contributed by atoms with E-state index in [2.05, 4.69) is 30.5 Å².